The lowest BCUT2D eigenvalue weighted by Gasteiger charge is -2.07. The lowest BCUT2D eigenvalue weighted by atomic mass is 10.2. The van der Waals surface area contributed by atoms with Crippen LogP contribution in [0.1, 0.15) is 10.4 Å². The Balaban J connectivity index is 1.95. The van der Waals surface area contributed by atoms with Gasteiger partial charge in [-0.05, 0) is 36.4 Å². The minimum Gasteiger partial charge on any atom is -0.348 e. The van der Waals surface area contributed by atoms with Crippen LogP contribution in [0.15, 0.2) is 53.3 Å². The number of carbonyl (C=O) groups excluding carboxylic acids is 1. The van der Waals surface area contributed by atoms with Crippen molar-refractivity contribution in [2.24, 2.45) is 7.05 Å². The summed E-state index contributed by atoms with van der Waals surface area (Å²) in [4.78, 5) is 16.5. The molecule has 0 fully saturated rings. The zero-order chi connectivity index (χ0) is 14.1. The molecule has 0 saturated heterocycles. The number of benzene rings is 1. The molecule has 2 heterocycles. The van der Waals surface area contributed by atoms with Crippen molar-refractivity contribution in [3.8, 4) is 0 Å². The number of rotatable bonds is 2. The first-order chi connectivity index (χ1) is 9.65. The van der Waals surface area contributed by atoms with Crippen LogP contribution in [-0.2, 0) is 7.05 Å². The average Bonchev–Trinajstić information content (AvgIpc) is 2.82. The van der Waals surface area contributed by atoms with Crippen molar-refractivity contribution in [1.82, 2.24) is 9.55 Å². The molecule has 4 nitrogen and oxygen atoms in total. The van der Waals surface area contributed by atoms with Crippen molar-refractivity contribution >= 4 is 38.6 Å². The van der Waals surface area contributed by atoms with E-state index in [1.54, 1.807) is 18.3 Å². The van der Waals surface area contributed by atoms with E-state index in [0.29, 0.717) is 11.4 Å². The maximum atomic E-state index is 12.2. The highest BCUT2D eigenvalue weighted by molar-refractivity contribution is 9.10. The van der Waals surface area contributed by atoms with Gasteiger partial charge in [-0.1, -0.05) is 15.9 Å². The number of aromatic nitrogens is 2. The maximum absolute atomic E-state index is 12.2. The molecular weight excluding hydrogens is 318 g/mol. The Kier molecular flexibility index (Phi) is 3.28. The van der Waals surface area contributed by atoms with Gasteiger partial charge in [-0.15, -0.1) is 0 Å². The third-order valence-corrected chi connectivity index (χ3v) is 3.65. The third-order valence-electron chi connectivity index (χ3n) is 3.12. The first-order valence-corrected chi connectivity index (χ1v) is 6.91. The van der Waals surface area contributed by atoms with Crippen LogP contribution in [0.5, 0.6) is 0 Å². The number of aryl methyl sites for hydroxylation is 1. The van der Waals surface area contributed by atoms with Crippen LogP contribution in [0, 0.1) is 0 Å². The Labute approximate surface area is 124 Å². The second-order valence-corrected chi connectivity index (χ2v) is 5.40. The summed E-state index contributed by atoms with van der Waals surface area (Å²) in [7, 11) is 1.93. The van der Waals surface area contributed by atoms with Crippen LogP contribution in [-0.4, -0.2) is 15.5 Å². The lowest BCUT2D eigenvalue weighted by molar-refractivity contribution is 0.102. The van der Waals surface area contributed by atoms with E-state index in [9.17, 15) is 4.79 Å². The normalized spacial score (nSPS) is 10.7. The minimum absolute atomic E-state index is 0.168. The van der Waals surface area contributed by atoms with Gasteiger partial charge in [-0.3, -0.25) is 4.79 Å². The number of anilines is 1. The topological polar surface area (TPSA) is 46.9 Å². The van der Waals surface area contributed by atoms with Gasteiger partial charge in [0.25, 0.3) is 5.91 Å². The average molecular weight is 330 g/mol. The molecule has 1 aromatic carbocycles. The zero-order valence-corrected chi connectivity index (χ0v) is 12.4. The van der Waals surface area contributed by atoms with E-state index in [1.165, 1.54) is 0 Å². The lowest BCUT2D eigenvalue weighted by Crippen LogP contribution is -2.13. The summed E-state index contributed by atoms with van der Waals surface area (Å²) in [5, 5.41) is 3.91. The Morgan fingerprint density at radius 3 is 2.70 bits per heavy atom. The Hall–Kier alpha value is -2.14. The number of halogens is 1. The molecule has 0 aliphatic heterocycles. The van der Waals surface area contributed by atoms with Gasteiger partial charge in [-0.2, -0.15) is 0 Å². The number of amides is 1. The molecule has 1 N–H and O–H groups in total. The van der Waals surface area contributed by atoms with Crippen molar-refractivity contribution in [1.29, 1.82) is 0 Å². The molecule has 0 bridgehead atoms. The Morgan fingerprint density at radius 2 is 1.95 bits per heavy atom. The Bertz CT molecular complexity index is 777. The van der Waals surface area contributed by atoms with Crippen LogP contribution >= 0.6 is 15.9 Å². The molecule has 0 atom stereocenters. The molecule has 0 aliphatic carbocycles. The molecule has 0 radical (unpaired) electrons. The van der Waals surface area contributed by atoms with E-state index in [0.717, 1.165) is 15.4 Å². The number of carbonyl (C=O) groups is 1. The highest BCUT2D eigenvalue weighted by atomic mass is 79.9. The van der Waals surface area contributed by atoms with E-state index in [2.05, 4.69) is 26.2 Å². The monoisotopic (exact) mass is 329 g/mol. The van der Waals surface area contributed by atoms with E-state index in [4.69, 9.17) is 0 Å². The summed E-state index contributed by atoms with van der Waals surface area (Å²) >= 11 is 3.35. The molecular formula is C15H12BrN3O. The van der Waals surface area contributed by atoms with Gasteiger partial charge in [0.15, 0.2) is 5.82 Å². The quantitative estimate of drug-likeness (QED) is 0.781. The molecule has 20 heavy (non-hydrogen) atoms. The summed E-state index contributed by atoms with van der Waals surface area (Å²) in [5.74, 6) is 0.404. The summed E-state index contributed by atoms with van der Waals surface area (Å²) in [6.45, 7) is 0. The Morgan fingerprint density at radius 1 is 1.20 bits per heavy atom. The van der Waals surface area contributed by atoms with Crippen molar-refractivity contribution in [3.05, 3.63) is 58.8 Å². The number of hydrogen-bond acceptors (Lipinski definition) is 2. The van der Waals surface area contributed by atoms with Gasteiger partial charge >= 0.3 is 0 Å². The number of fused-ring (bicyclic) bond motifs is 1. The molecule has 100 valence electrons. The SMILES string of the molecule is Cn1ccc2ccnc(NC(=O)c3ccc(Br)cc3)c21. The smallest absolute Gasteiger partial charge is 0.256 e. The highest BCUT2D eigenvalue weighted by Crippen LogP contribution is 2.22. The second kappa shape index (κ2) is 5.09. The van der Waals surface area contributed by atoms with E-state index >= 15 is 0 Å². The van der Waals surface area contributed by atoms with Crippen LogP contribution in [0.4, 0.5) is 5.82 Å². The second-order valence-electron chi connectivity index (χ2n) is 4.49. The van der Waals surface area contributed by atoms with Crippen LogP contribution in [0.3, 0.4) is 0 Å². The summed E-state index contributed by atoms with van der Waals surface area (Å²) < 4.78 is 2.89. The van der Waals surface area contributed by atoms with Gasteiger partial charge < -0.3 is 9.88 Å². The van der Waals surface area contributed by atoms with E-state index < -0.39 is 0 Å². The number of hydrogen-bond donors (Lipinski definition) is 1. The van der Waals surface area contributed by atoms with Gasteiger partial charge in [0.05, 0.1) is 5.52 Å². The van der Waals surface area contributed by atoms with Gasteiger partial charge in [-0.25, -0.2) is 4.98 Å². The number of pyridine rings is 1. The standard InChI is InChI=1S/C15H12BrN3O/c1-19-9-7-10-6-8-17-14(13(10)19)18-15(20)11-2-4-12(16)5-3-11/h2-9H,1H3,(H,17,18,20). The zero-order valence-electron chi connectivity index (χ0n) is 10.8. The van der Waals surface area contributed by atoms with Crippen LogP contribution in [0.2, 0.25) is 0 Å². The van der Waals surface area contributed by atoms with Gasteiger partial charge in [0.1, 0.15) is 0 Å². The summed E-state index contributed by atoms with van der Waals surface area (Å²) in [6.07, 6.45) is 3.64. The number of nitrogens with one attached hydrogen (secondary N) is 1. The largest absolute Gasteiger partial charge is 0.348 e. The minimum atomic E-state index is -0.168. The fourth-order valence-corrected chi connectivity index (χ4v) is 2.38. The van der Waals surface area contributed by atoms with E-state index in [1.807, 2.05) is 42.1 Å². The molecule has 5 heteroatoms. The fourth-order valence-electron chi connectivity index (χ4n) is 2.11. The predicted molar refractivity (Wildman–Crippen MR) is 82.8 cm³/mol. The van der Waals surface area contributed by atoms with Crippen molar-refractivity contribution in [3.63, 3.8) is 0 Å². The third kappa shape index (κ3) is 2.32. The first kappa shape index (κ1) is 12.9. The summed E-state index contributed by atoms with van der Waals surface area (Å²) in [6, 6.07) is 11.1. The van der Waals surface area contributed by atoms with Crippen molar-refractivity contribution < 1.29 is 4.79 Å². The van der Waals surface area contributed by atoms with E-state index in [-0.39, 0.29) is 5.91 Å². The van der Waals surface area contributed by atoms with Gasteiger partial charge in [0.2, 0.25) is 0 Å². The maximum Gasteiger partial charge on any atom is 0.256 e. The first-order valence-electron chi connectivity index (χ1n) is 6.12. The van der Waals surface area contributed by atoms with Crippen molar-refractivity contribution in [2.75, 3.05) is 5.32 Å². The highest BCUT2D eigenvalue weighted by Gasteiger charge is 2.11. The number of nitrogens with zero attached hydrogens (tertiary/aromatic N) is 2. The molecule has 0 aliphatic rings. The molecule has 0 saturated carbocycles. The van der Waals surface area contributed by atoms with Crippen LogP contribution < -0.4 is 5.32 Å². The van der Waals surface area contributed by atoms with Gasteiger partial charge in [0, 0.05) is 34.9 Å². The predicted octanol–water partition coefficient (Wildman–Crippen LogP) is 3.59. The molecule has 3 rings (SSSR count). The molecule has 2 aromatic heterocycles. The molecule has 1 amide bonds. The van der Waals surface area contributed by atoms with Crippen molar-refractivity contribution in [2.45, 2.75) is 0 Å². The molecule has 3 aromatic rings. The molecule has 0 unspecified atom stereocenters. The van der Waals surface area contributed by atoms with Crippen LogP contribution in [0.25, 0.3) is 10.9 Å². The molecule has 0 spiro atoms. The fraction of sp³-hybridized carbons (Fsp3) is 0.0667. The summed E-state index contributed by atoms with van der Waals surface area (Å²) in [5.41, 5.74) is 1.51.